The highest BCUT2D eigenvalue weighted by molar-refractivity contribution is 5.69. The molecule has 1 aliphatic carbocycles. The number of aliphatic carboxylic acids is 1. The standard InChI is InChI=1S/C12H19N3O2/c1-2-5-14-9-13-6-11(14)7-15(8-12(16)17)10-3-4-10/h6,9-10H,2-5,7-8H2,1H3,(H,16,17). The van der Waals surface area contributed by atoms with E-state index in [1.54, 1.807) is 0 Å². The van der Waals surface area contributed by atoms with Crippen LogP contribution in [0.1, 0.15) is 31.9 Å². The molecule has 1 saturated carbocycles. The van der Waals surface area contributed by atoms with E-state index >= 15 is 0 Å². The van der Waals surface area contributed by atoms with Crippen LogP contribution in [0.25, 0.3) is 0 Å². The fourth-order valence-corrected chi connectivity index (χ4v) is 2.06. The van der Waals surface area contributed by atoms with Gasteiger partial charge in [-0.2, -0.15) is 0 Å². The van der Waals surface area contributed by atoms with Crippen LogP contribution >= 0.6 is 0 Å². The van der Waals surface area contributed by atoms with Crippen molar-refractivity contribution in [3.8, 4) is 0 Å². The Hall–Kier alpha value is -1.36. The summed E-state index contributed by atoms with van der Waals surface area (Å²) in [6.07, 6.45) is 6.97. The van der Waals surface area contributed by atoms with Crippen molar-refractivity contribution in [2.45, 2.75) is 45.3 Å². The van der Waals surface area contributed by atoms with Gasteiger partial charge in [0.15, 0.2) is 0 Å². The predicted molar refractivity (Wildman–Crippen MR) is 63.6 cm³/mol. The van der Waals surface area contributed by atoms with Gasteiger partial charge in [-0.05, 0) is 19.3 Å². The Balaban J connectivity index is 2.00. The van der Waals surface area contributed by atoms with Crippen LogP contribution in [-0.4, -0.2) is 38.1 Å². The second-order valence-corrected chi connectivity index (χ2v) is 4.61. The molecule has 0 amide bonds. The van der Waals surface area contributed by atoms with E-state index in [0.29, 0.717) is 12.6 Å². The van der Waals surface area contributed by atoms with Crippen molar-refractivity contribution in [3.63, 3.8) is 0 Å². The number of nitrogens with zero attached hydrogens (tertiary/aromatic N) is 3. The molecule has 0 saturated heterocycles. The molecular formula is C12H19N3O2. The van der Waals surface area contributed by atoms with Crippen molar-refractivity contribution in [3.05, 3.63) is 18.2 Å². The first-order valence-corrected chi connectivity index (χ1v) is 6.15. The van der Waals surface area contributed by atoms with Crippen LogP contribution in [-0.2, 0) is 17.9 Å². The molecule has 1 heterocycles. The van der Waals surface area contributed by atoms with Crippen LogP contribution < -0.4 is 0 Å². The Kier molecular flexibility index (Phi) is 3.78. The minimum Gasteiger partial charge on any atom is -0.480 e. The van der Waals surface area contributed by atoms with E-state index in [4.69, 9.17) is 5.11 Å². The molecule has 1 N–H and O–H groups in total. The Morgan fingerprint density at radius 3 is 3.00 bits per heavy atom. The number of carboxylic acid groups (broad SMARTS) is 1. The maximum Gasteiger partial charge on any atom is 0.317 e. The van der Waals surface area contributed by atoms with Gasteiger partial charge in [0.25, 0.3) is 0 Å². The van der Waals surface area contributed by atoms with Crippen LogP contribution in [0, 0.1) is 0 Å². The molecule has 0 radical (unpaired) electrons. The van der Waals surface area contributed by atoms with Gasteiger partial charge in [-0.15, -0.1) is 0 Å². The van der Waals surface area contributed by atoms with Crippen LogP contribution in [0.15, 0.2) is 12.5 Å². The van der Waals surface area contributed by atoms with E-state index in [2.05, 4.69) is 16.5 Å². The van der Waals surface area contributed by atoms with Gasteiger partial charge in [0.05, 0.1) is 18.6 Å². The van der Waals surface area contributed by atoms with Crippen molar-refractivity contribution >= 4 is 5.97 Å². The maximum atomic E-state index is 10.8. The van der Waals surface area contributed by atoms with Gasteiger partial charge in [0.2, 0.25) is 0 Å². The Morgan fingerprint density at radius 1 is 1.65 bits per heavy atom. The topological polar surface area (TPSA) is 58.4 Å². The summed E-state index contributed by atoms with van der Waals surface area (Å²) in [7, 11) is 0. The molecule has 5 heteroatoms. The minimum atomic E-state index is -0.751. The minimum absolute atomic E-state index is 0.127. The van der Waals surface area contributed by atoms with Gasteiger partial charge in [0.1, 0.15) is 0 Å². The maximum absolute atomic E-state index is 10.8. The first-order valence-electron chi connectivity index (χ1n) is 6.15. The second-order valence-electron chi connectivity index (χ2n) is 4.61. The lowest BCUT2D eigenvalue weighted by atomic mass is 10.3. The monoisotopic (exact) mass is 237 g/mol. The average Bonchev–Trinajstić information content (AvgIpc) is 3.02. The molecule has 2 rings (SSSR count). The highest BCUT2D eigenvalue weighted by Crippen LogP contribution is 2.27. The number of aryl methyl sites for hydroxylation is 1. The van der Waals surface area contributed by atoms with Crippen molar-refractivity contribution in [2.75, 3.05) is 6.54 Å². The number of hydrogen-bond acceptors (Lipinski definition) is 3. The average molecular weight is 237 g/mol. The summed E-state index contributed by atoms with van der Waals surface area (Å²) < 4.78 is 2.11. The number of carboxylic acids is 1. The van der Waals surface area contributed by atoms with E-state index in [0.717, 1.165) is 31.5 Å². The second kappa shape index (κ2) is 5.31. The van der Waals surface area contributed by atoms with Crippen molar-refractivity contribution in [2.24, 2.45) is 0 Å². The molecule has 1 aliphatic rings. The zero-order valence-corrected chi connectivity index (χ0v) is 10.2. The number of carbonyl (C=O) groups is 1. The van der Waals surface area contributed by atoms with Gasteiger partial charge in [-0.1, -0.05) is 6.92 Å². The molecular weight excluding hydrogens is 218 g/mol. The third-order valence-corrected chi connectivity index (χ3v) is 3.03. The van der Waals surface area contributed by atoms with E-state index < -0.39 is 5.97 Å². The zero-order chi connectivity index (χ0) is 12.3. The summed E-state index contributed by atoms with van der Waals surface area (Å²) in [6, 6.07) is 0.455. The molecule has 0 spiro atoms. The molecule has 5 nitrogen and oxygen atoms in total. The number of aromatic nitrogens is 2. The van der Waals surface area contributed by atoms with Crippen molar-refractivity contribution in [1.82, 2.24) is 14.5 Å². The quantitative estimate of drug-likeness (QED) is 0.777. The summed E-state index contributed by atoms with van der Waals surface area (Å²) in [6.45, 7) is 3.89. The first-order chi connectivity index (χ1) is 8.20. The lowest BCUT2D eigenvalue weighted by molar-refractivity contribution is -0.138. The van der Waals surface area contributed by atoms with Crippen molar-refractivity contribution < 1.29 is 9.90 Å². The molecule has 17 heavy (non-hydrogen) atoms. The molecule has 0 aliphatic heterocycles. The third-order valence-electron chi connectivity index (χ3n) is 3.03. The summed E-state index contributed by atoms with van der Waals surface area (Å²) in [5.74, 6) is -0.751. The summed E-state index contributed by atoms with van der Waals surface area (Å²) in [5.41, 5.74) is 1.11. The Morgan fingerprint density at radius 2 is 2.41 bits per heavy atom. The highest BCUT2D eigenvalue weighted by Gasteiger charge is 2.30. The van der Waals surface area contributed by atoms with Crippen LogP contribution in [0.3, 0.4) is 0 Å². The van der Waals surface area contributed by atoms with Crippen LogP contribution in [0.4, 0.5) is 0 Å². The Labute approximate surface area is 101 Å². The molecule has 0 aromatic carbocycles. The van der Waals surface area contributed by atoms with Gasteiger partial charge < -0.3 is 9.67 Å². The number of hydrogen-bond donors (Lipinski definition) is 1. The van der Waals surface area contributed by atoms with E-state index in [1.165, 1.54) is 0 Å². The van der Waals surface area contributed by atoms with Crippen LogP contribution in [0.5, 0.6) is 0 Å². The highest BCUT2D eigenvalue weighted by atomic mass is 16.4. The molecule has 0 unspecified atom stereocenters. The molecule has 0 bridgehead atoms. The SMILES string of the molecule is CCCn1cncc1CN(CC(=O)O)C1CC1. The van der Waals surface area contributed by atoms with E-state index in [9.17, 15) is 4.79 Å². The third kappa shape index (κ3) is 3.30. The molecule has 94 valence electrons. The van der Waals surface area contributed by atoms with Gasteiger partial charge >= 0.3 is 5.97 Å². The van der Waals surface area contributed by atoms with Gasteiger partial charge in [0, 0.05) is 25.3 Å². The smallest absolute Gasteiger partial charge is 0.317 e. The fourth-order valence-electron chi connectivity index (χ4n) is 2.06. The molecule has 1 aromatic heterocycles. The Bertz CT molecular complexity index is 385. The van der Waals surface area contributed by atoms with Gasteiger partial charge in [-0.25, -0.2) is 4.98 Å². The summed E-state index contributed by atoms with van der Waals surface area (Å²) >= 11 is 0. The molecule has 1 fully saturated rings. The summed E-state index contributed by atoms with van der Waals surface area (Å²) in [5, 5.41) is 8.90. The van der Waals surface area contributed by atoms with Gasteiger partial charge in [-0.3, -0.25) is 9.69 Å². The lowest BCUT2D eigenvalue weighted by Crippen LogP contribution is -2.32. The number of imidazole rings is 1. The molecule has 1 aromatic rings. The predicted octanol–water partition coefficient (Wildman–Crippen LogP) is 1.34. The first kappa shape index (κ1) is 12.1. The van der Waals surface area contributed by atoms with E-state index in [-0.39, 0.29) is 6.54 Å². The molecule has 0 atom stereocenters. The zero-order valence-electron chi connectivity index (χ0n) is 10.2. The van der Waals surface area contributed by atoms with Crippen molar-refractivity contribution in [1.29, 1.82) is 0 Å². The summed E-state index contributed by atoms with van der Waals surface area (Å²) in [4.78, 5) is 17.0. The normalized spacial score (nSPS) is 15.4. The van der Waals surface area contributed by atoms with E-state index in [1.807, 2.05) is 17.4 Å². The van der Waals surface area contributed by atoms with Crippen LogP contribution in [0.2, 0.25) is 0 Å². The number of rotatable bonds is 7. The fraction of sp³-hybridized carbons (Fsp3) is 0.667. The largest absolute Gasteiger partial charge is 0.480 e. The lowest BCUT2D eigenvalue weighted by Gasteiger charge is -2.20.